The van der Waals surface area contributed by atoms with E-state index in [2.05, 4.69) is 34.4 Å². The molecule has 0 atom stereocenters. The van der Waals surface area contributed by atoms with E-state index in [0.29, 0.717) is 28.6 Å². The molecule has 0 saturated carbocycles. The second-order valence-electron chi connectivity index (χ2n) is 4.73. The predicted octanol–water partition coefficient (Wildman–Crippen LogP) is 3.37. The van der Waals surface area contributed by atoms with E-state index >= 15 is 0 Å². The third kappa shape index (κ3) is 4.50. The Morgan fingerprint density at radius 3 is 2.68 bits per heavy atom. The Kier molecular flexibility index (Phi) is 6.80. The third-order valence-corrected chi connectivity index (χ3v) is 4.76. The first-order chi connectivity index (χ1) is 12.0. The maximum atomic E-state index is 12.3. The zero-order chi connectivity index (χ0) is 18.4. The average molecular weight is 467 g/mol. The van der Waals surface area contributed by atoms with Crippen molar-refractivity contribution in [3.63, 3.8) is 0 Å². The quantitative estimate of drug-likeness (QED) is 0.365. The van der Waals surface area contributed by atoms with Crippen LogP contribution in [0.15, 0.2) is 17.0 Å². The smallest absolute Gasteiger partial charge is 0.294 e. The number of imide groups is 1. The van der Waals surface area contributed by atoms with E-state index < -0.39 is 5.91 Å². The number of hydrogen-bond donors (Lipinski definition) is 0. The molecule has 25 heavy (non-hydrogen) atoms. The van der Waals surface area contributed by atoms with Gasteiger partial charge >= 0.3 is 0 Å². The lowest BCUT2D eigenvalue weighted by Crippen LogP contribution is -2.28. The van der Waals surface area contributed by atoms with Crippen molar-refractivity contribution in [3.05, 3.63) is 26.2 Å². The largest absolute Gasteiger partial charge is 0.490 e. The first-order valence-corrected chi connectivity index (χ1v) is 9.12. The molecular formula is C18H14INO4S. The van der Waals surface area contributed by atoms with Gasteiger partial charge < -0.3 is 9.47 Å². The monoisotopic (exact) mass is 467 g/mol. The van der Waals surface area contributed by atoms with Gasteiger partial charge in [0, 0.05) is 0 Å². The van der Waals surface area contributed by atoms with Crippen molar-refractivity contribution < 1.29 is 19.1 Å². The number of carbonyl (C=O) groups is 2. The molecule has 0 N–H and O–H groups in total. The lowest BCUT2D eigenvalue weighted by atomic mass is 10.2. The first kappa shape index (κ1) is 19.2. The molecule has 2 rings (SSSR count). The number of hydrogen-bond acceptors (Lipinski definition) is 5. The van der Waals surface area contributed by atoms with E-state index in [0.717, 1.165) is 20.2 Å². The van der Waals surface area contributed by atoms with Crippen LogP contribution in [0.2, 0.25) is 0 Å². The number of carbonyl (C=O) groups excluding carboxylic acids is 2. The van der Waals surface area contributed by atoms with E-state index in [1.807, 2.05) is 13.0 Å². The molecule has 0 aromatic heterocycles. The number of halogens is 1. The van der Waals surface area contributed by atoms with Gasteiger partial charge in [-0.25, -0.2) is 0 Å². The number of ether oxygens (including phenoxy) is 2. The van der Waals surface area contributed by atoms with E-state index in [-0.39, 0.29) is 18.4 Å². The van der Waals surface area contributed by atoms with Crippen LogP contribution in [-0.4, -0.2) is 35.8 Å². The van der Waals surface area contributed by atoms with Crippen molar-refractivity contribution in [2.45, 2.75) is 6.92 Å². The molecule has 5 nitrogen and oxygen atoms in total. The standard InChI is InChI=1S/C18H14INO4S/c1-4-7-20-17(21)15(25-18(20)22)11-12-9-13(19)16(24-8-5-2)14(10-12)23-6-3/h1-2,9-11H,6-8H2,3H3/b15-11+. The lowest BCUT2D eigenvalue weighted by Gasteiger charge is -2.13. The molecule has 0 unspecified atom stereocenters. The van der Waals surface area contributed by atoms with Crippen LogP contribution < -0.4 is 9.47 Å². The Balaban J connectivity index is 2.37. The zero-order valence-electron chi connectivity index (χ0n) is 13.4. The highest BCUT2D eigenvalue weighted by Crippen LogP contribution is 2.37. The first-order valence-electron chi connectivity index (χ1n) is 7.23. The van der Waals surface area contributed by atoms with Crippen LogP contribution >= 0.6 is 34.4 Å². The Labute approximate surface area is 164 Å². The van der Waals surface area contributed by atoms with Gasteiger partial charge in [-0.15, -0.1) is 12.8 Å². The summed E-state index contributed by atoms with van der Waals surface area (Å²) in [6.07, 6.45) is 12.1. The summed E-state index contributed by atoms with van der Waals surface area (Å²) in [5.74, 6) is 5.41. The van der Waals surface area contributed by atoms with Gasteiger partial charge in [-0.2, -0.15) is 0 Å². The predicted molar refractivity (Wildman–Crippen MR) is 106 cm³/mol. The van der Waals surface area contributed by atoms with Gasteiger partial charge in [0.2, 0.25) is 0 Å². The summed E-state index contributed by atoms with van der Waals surface area (Å²) in [5, 5.41) is -0.372. The summed E-state index contributed by atoms with van der Waals surface area (Å²) in [6.45, 7) is 2.39. The van der Waals surface area contributed by atoms with Gasteiger partial charge in [-0.05, 0) is 65.0 Å². The van der Waals surface area contributed by atoms with Crippen LogP contribution in [0.5, 0.6) is 11.5 Å². The maximum absolute atomic E-state index is 12.3. The fraction of sp³-hybridized carbons (Fsp3) is 0.222. The van der Waals surface area contributed by atoms with Crippen molar-refractivity contribution in [2.24, 2.45) is 0 Å². The fourth-order valence-corrected chi connectivity index (χ4v) is 3.69. The molecule has 1 aliphatic heterocycles. The topological polar surface area (TPSA) is 55.8 Å². The Hall–Kier alpha value is -2.10. The summed E-state index contributed by atoms with van der Waals surface area (Å²) in [6, 6.07) is 3.57. The molecule has 1 fully saturated rings. The van der Waals surface area contributed by atoms with E-state index in [4.69, 9.17) is 22.3 Å². The molecule has 0 bridgehead atoms. The summed E-state index contributed by atoms with van der Waals surface area (Å²) in [7, 11) is 0. The Morgan fingerprint density at radius 2 is 2.04 bits per heavy atom. The molecule has 1 heterocycles. The normalized spacial score (nSPS) is 15.2. The molecule has 2 amide bonds. The maximum Gasteiger partial charge on any atom is 0.294 e. The van der Waals surface area contributed by atoms with Crippen molar-refractivity contribution in [3.8, 4) is 36.2 Å². The van der Waals surface area contributed by atoms with Gasteiger partial charge in [0.05, 0.1) is 21.6 Å². The third-order valence-electron chi connectivity index (χ3n) is 3.05. The summed E-state index contributed by atoms with van der Waals surface area (Å²) in [4.78, 5) is 25.5. The molecule has 1 saturated heterocycles. The number of benzene rings is 1. The average Bonchev–Trinajstić information content (AvgIpc) is 2.82. The molecule has 7 heteroatoms. The van der Waals surface area contributed by atoms with Crippen molar-refractivity contribution in [2.75, 3.05) is 19.8 Å². The summed E-state index contributed by atoms with van der Waals surface area (Å²) < 4.78 is 11.9. The molecule has 0 spiro atoms. The lowest BCUT2D eigenvalue weighted by molar-refractivity contribution is -0.122. The highest BCUT2D eigenvalue weighted by atomic mass is 127. The van der Waals surface area contributed by atoms with Gasteiger partial charge in [0.15, 0.2) is 11.5 Å². The minimum atomic E-state index is -0.395. The summed E-state index contributed by atoms with van der Waals surface area (Å²) >= 11 is 2.97. The fourth-order valence-electron chi connectivity index (χ4n) is 2.07. The Bertz CT molecular complexity index is 820. The van der Waals surface area contributed by atoms with E-state index in [1.165, 1.54) is 0 Å². The molecular weight excluding hydrogens is 453 g/mol. The zero-order valence-corrected chi connectivity index (χ0v) is 16.3. The van der Waals surface area contributed by atoms with Gasteiger partial charge in [0.25, 0.3) is 11.1 Å². The second-order valence-corrected chi connectivity index (χ2v) is 6.88. The van der Waals surface area contributed by atoms with Crippen LogP contribution in [0.1, 0.15) is 12.5 Å². The number of amides is 2. The van der Waals surface area contributed by atoms with E-state index in [9.17, 15) is 9.59 Å². The molecule has 1 aromatic rings. The number of thioether (sulfide) groups is 1. The molecule has 1 aliphatic rings. The number of nitrogens with zero attached hydrogens (tertiary/aromatic N) is 1. The van der Waals surface area contributed by atoms with Gasteiger partial charge in [0.1, 0.15) is 6.61 Å². The molecule has 128 valence electrons. The van der Waals surface area contributed by atoms with Crippen molar-refractivity contribution >= 4 is 51.6 Å². The van der Waals surface area contributed by atoms with Gasteiger partial charge in [-0.3, -0.25) is 14.5 Å². The number of rotatable bonds is 6. The molecule has 0 aliphatic carbocycles. The van der Waals surface area contributed by atoms with Crippen LogP contribution in [0.4, 0.5) is 4.79 Å². The van der Waals surface area contributed by atoms with Crippen molar-refractivity contribution in [1.82, 2.24) is 4.90 Å². The highest BCUT2D eigenvalue weighted by Gasteiger charge is 2.34. The second kappa shape index (κ2) is 8.84. The van der Waals surface area contributed by atoms with Crippen LogP contribution in [-0.2, 0) is 4.79 Å². The Morgan fingerprint density at radius 1 is 1.28 bits per heavy atom. The summed E-state index contributed by atoms with van der Waals surface area (Å²) in [5.41, 5.74) is 0.715. The van der Waals surface area contributed by atoms with Crippen LogP contribution in [0.3, 0.4) is 0 Å². The van der Waals surface area contributed by atoms with Crippen molar-refractivity contribution in [1.29, 1.82) is 0 Å². The highest BCUT2D eigenvalue weighted by molar-refractivity contribution is 14.1. The molecule has 1 aromatic carbocycles. The van der Waals surface area contributed by atoms with Crippen LogP contribution in [0, 0.1) is 28.3 Å². The minimum absolute atomic E-state index is 0.0391. The van der Waals surface area contributed by atoms with Gasteiger partial charge in [-0.1, -0.05) is 11.8 Å². The number of terminal acetylenes is 2. The molecule has 0 radical (unpaired) electrons. The van der Waals surface area contributed by atoms with E-state index in [1.54, 1.807) is 12.1 Å². The van der Waals surface area contributed by atoms with Crippen LogP contribution in [0.25, 0.3) is 6.08 Å². The SMILES string of the molecule is C#CCOc1c(I)cc(/C=C2/SC(=O)N(CC#C)C2=O)cc1OCC. The minimum Gasteiger partial charge on any atom is -0.490 e.